The molecule has 0 amide bonds. The lowest BCUT2D eigenvalue weighted by Crippen LogP contribution is -2.12. The van der Waals surface area contributed by atoms with Gasteiger partial charge >= 0.3 is 0 Å². The minimum Gasteiger partial charge on any atom is -0.496 e. The summed E-state index contributed by atoms with van der Waals surface area (Å²) >= 11 is 0. The Hall–Kier alpha value is -1.87. The van der Waals surface area contributed by atoms with Crippen LogP contribution >= 0.6 is 0 Å². The van der Waals surface area contributed by atoms with Crippen LogP contribution in [0, 0.1) is 12.7 Å². The molecule has 0 radical (unpaired) electrons. The second kappa shape index (κ2) is 6.53. The van der Waals surface area contributed by atoms with Crippen LogP contribution in [0.15, 0.2) is 36.4 Å². The number of ether oxygens (including phenoxy) is 1. The Morgan fingerprint density at radius 3 is 2.45 bits per heavy atom. The zero-order valence-corrected chi connectivity index (χ0v) is 12.2. The predicted molar refractivity (Wildman–Crippen MR) is 80.5 cm³/mol. The first-order chi connectivity index (χ1) is 9.65. The normalized spacial score (nSPS) is 10.6. The van der Waals surface area contributed by atoms with Crippen molar-refractivity contribution in [2.24, 2.45) is 0 Å². The van der Waals surface area contributed by atoms with Gasteiger partial charge in [-0.3, -0.25) is 0 Å². The van der Waals surface area contributed by atoms with E-state index in [0.29, 0.717) is 12.1 Å². The highest BCUT2D eigenvalue weighted by atomic mass is 19.1. The number of aryl methyl sites for hydroxylation is 1. The van der Waals surface area contributed by atoms with E-state index in [1.54, 1.807) is 7.11 Å². The van der Waals surface area contributed by atoms with Gasteiger partial charge in [-0.05, 0) is 54.4 Å². The van der Waals surface area contributed by atoms with E-state index in [1.165, 1.54) is 6.07 Å². The van der Waals surface area contributed by atoms with Crippen LogP contribution < -0.4 is 10.1 Å². The van der Waals surface area contributed by atoms with Crippen LogP contribution in [-0.4, -0.2) is 13.7 Å². The molecule has 0 atom stereocenters. The summed E-state index contributed by atoms with van der Waals surface area (Å²) in [6.45, 7) is 5.39. The molecule has 0 aliphatic carbocycles. The van der Waals surface area contributed by atoms with Crippen LogP contribution in [0.5, 0.6) is 5.75 Å². The highest BCUT2D eigenvalue weighted by Crippen LogP contribution is 2.27. The van der Waals surface area contributed by atoms with Gasteiger partial charge < -0.3 is 10.1 Å². The van der Waals surface area contributed by atoms with Gasteiger partial charge in [-0.1, -0.05) is 19.1 Å². The van der Waals surface area contributed by atoms with Crippen molar-refractivity contribution in [3.8, 4) is 16.9 Å². The number of hydrogen-bond donors (Lipinski definition) is 1. The smallest absolute Gasteiger partial charge is 0.127 e. The summed E-state index contributed by atoms with van der Waals surface area (Å²) in [6.07, 6.45) is 0. The molecular weight excluding hydrogens is 253 g/mol. The lowest BCUT2D eigenvalue weighted by molar-refractivity contribution is 0.412. The standard InChI is InChI=1S/C17H20FNO/c1-4-19-11-15-10-14(5-7-16(15)18)13-6-8-17(20-3)12(2)9-13/h5-10,19H,4,11H2,1-3H3. The van der Waals surface area contributed by atoms with E-state index in [0.717, 1.165) is 29.0 Å². The number of rotatable bonds is 5. The summed E-state index contributed by atoms with van der Waals surface area (Å²) in [7, 11) is 1.66. The largest absolute Gasteiger partial charge is 0.496 e. The number of nitrogens with one attached hydrogen (secondary N) is 1. The number of halogens is 1. The first-order valence-electron chi connectivity index (χ1n) is 6.80. The maximum atomic E-state index is 13.7. The quantitative estimate of drug-likeness (QED) is 0.891. The van der Waals surface area contributed by atoms with Crippen molar-refractivity contribution in [3.63, 3.8) is 0 Å². The Morgan fingerprint density at radius 1 is 1.10 bits per heavy atom. The van der Waals surface area contributed by atoms with Crippen LogP contribution in [0.4, 0.5) is 4.39 Å². The fraction of sp³-hybridized carbons (Fsp3) is 0.294. The molecule has 0 bridgehead atoms. The summed E-state index contributed by atoms with van der Waals surface area (Å²) in [5.41, 5.74) is 3.85. The summed E-state index contributed by atoms with van der Waals surface area (Å²) in [6, 6.07) is 11.2. The SMILES string of the molecule is CCNCc1cc(-c2ccc(OC)c(C)c2)ccc1F. The Labute approximate surface area is 119 Å². The molecule has 0 fully saturated rings. The van der Waals surface area contributed by atoms with Gasteiger partial charge in [0, 0.05) is 12.1 Å². The van der Waals surface area contributed by atoms with Gasteiger partial charge in [0.15, 0.2) is 0 Å². The molecular formula is C17H20FNO. The van der Waals surface area contributed by atoms with Crippen molar-refractivity contribution in [3.05, 3.63) is 53.3 Å². The van der Waals surface area contributed by atoms with Gasteiger partial charge in [-0.25, -0.2) is 4.39 Å². The summed E-state index contributed by atoms with van der Waals surface area (Å²) < 4.78 is 19.0. The van der Waals surface area contributed by atoms with Gasteiger partial charge in [0.2, 0.25) is 0 Å². The topological polar surface area (TPSA) is 21.3 Å². The molecule has 2 aromatic carbocycles. The molecule has 2 aromatic rings. The highest BCUT2D eigenvalue weighted by molar-refractivity contribution is 5.66. The van der Waals surface area contributed by atoms with E-state index >= 15 is 0 Å². The maximum Gasteiger partial charge on any atom is 0.127 e. The lowest BCUT2D eigenvalue weighted by Gasteiger charge is -2.10. The average Bonchev–Trinajstić information content (AvgIpc) is 2.46. The Bertz CT molecular complexity index is 596. The van der Waals surface area contributed by atoms with Crippen LogP contribution in [0.3, 0.4) is 0 Å². The van der Waals surface area contributed by atoms with Crippen molar-refractivity contribution in [2.75, 3.05) is 13.7 Å². The van der Waals surface area contributed by atoms with Crippen LogP contribution in [0.2, 0.25) is 0 Å². The van der Waals surface area contributed by atoms with Crippen molar-refractivity contribution in [1.82, 2.24) is 5.32 Å². The zero-order valence-electron chi connectivity index (χ0n) is 12.2. The molecule has 0 spiro atoms. The molecule has 2 nitrogen and oxygen atoms in total. The molecule has 0 aromatic heterocycles. The van der Waals surface area contributed by atoms with E-state index in [-0.39, 0.29) is 5.82 Å². The molecule has 0 aliphatic heterocycles. The molecule has 0 heterocycles. The average molecular weight is 273 g/mol. The molecule has 0 aliphatic rings. The van der Waals surface area contributed by atoms with E-state index in [9.17, 15) is 4.39 Å². The minimum atomic E-state index is -0.167. The fourth-order valence-electron chi connectivity index (χ4n) is 2.21. The lowest BCUT2D eigenvalue weighted by atomic mass is 10.0. The number of methoxy groups -OCH3 is 1. The number of benzene rings is 2. The van der Waals surface area contributed by atoms with E-state index in [2.05, 4.69) is 11.4 Å². The third-order valence-electron chi connectivity index (χ3n) is 3.34. The van der Waals surface area contributed by atoms with Gasteiger partial charge in [-0.2, -0.15) is 0 Å². The van der Waals surface area contributed by atoms with Crippen molar-refractivity contribution in [2.45, 2.75) is 20.4 Å². The third-order valence-corrected chi connectivity index (χ3v) is 3.34. The number of hydrogen-bond acceptors (Lipinski definition) is 2. The van der Waals surface area contributed by atoms with Crippen molar-refractivity contribution in [1.29, 1.82) is 0 Å². The molecule has 2 rings (SSSR count). The molecule has 3 heteroatoms. The summed E-state index contributed by atoms with van der Waals surface area (Å²) in [5.74, 6) is 0.698. The van der Waals surface area contributed by atoms with Gasteiger partial charge in [0.1, 0.15) is 11.6 Å². The second-order valence-electron chi connectivity index (χ2n) is 4.77. The Balaban J connectivity index is 2.35. The Kier molecular flexibility index (Phi) is 4.74. The molecule has 20 heavy (non-hydrogen) atoms. The highest BCUT2D eigenvalue weighted by Gasteiger charge is 2.06. The summed E-state index contributed by atoms with van der Waals surface area (Å²) in [5, 5.41) is 3.15. The minimum absolute atomic E-state index is 0.167. The summed E-state index contributed by atoms with van der Waals surface area (Å²) in [4.78, 5) is 0. The Morgan fingerprint density at radius 2 is 1.80 bits per heavy atom. The molecule has 0 saturated heterocycles. The van der Waals surface area contributed by atoms with E-state index in [4.69, 9.17) is 4.74 Å². The predicted octanol–water partition coefficient (Wildman–Crippen LogP) is 3.92. The molecule has 1 N–H and O–H groups in total. The third kappa shape index (κ3) is 3.17. The molecule has 0 saturated carbocycles. The van der Waals surface area contributed by atoms with E-state index < -0.39 is 0 Å². The van der Waals surface area contributed by atoms with Crippen LogP contribution in [-0.2, 0) is 6.54 Å². The monoisotopic (exact) mass is 273 g/mol. The first kappa shape index (κ1) is 14.5. The van der Waals surface area contributed by atoms with E-state index in [1.807, 2.05) is 38.1 Å². The van der Waals surface area contributed by atoms with Gasteiger partial charge in [0.25, 0.3) is 0 Å². The second-order valence-corrected chi connectivity index (χ2v) is 4.77. The molecule has 0 unspecified atom stereocenters. The van der Waals surface area contributed by atoms with Crippen molar-refractivity contribution < 1.29 is 9.13 Å². The zero-order chi connectivity index (χ0) is 14.5. The van der Waals surface area contributed by atoms with Gasteiger partial charge in [0.05, 0.1) is 7.11 Å². The van der Waals surface area contributed by atoms with Crippen LogP contribution in [0.1, 0.15) is 18.1 Å². The fourth-order valence-corrected chi connectivity index (χ4v) is 2.21. The molecule has 106 valence electrons. The maximum absolute atomic E-state index is 13.7. The van der Waals surface area contributed by atoms with Crippen molar-refractivity contribution >= 4 is 0 Å². The van der Waals surface area contributed by atoms with Gasteiger partial charge in [-0.15, -0.1) is 0 Å². The van der Waals surface area contributed by atoms with Crippen LogP contribution in [0.25, 0.3) is 11.1 Å². The first-order valence-corrected chi connectivity index (χ1v) is 6.80.